The highest BCUT2D eigenvalue weighted by Gasteiger charge is 2.30. The van der Waals surface area contributed by atoms with E-state index < -0.39 is 33.4 Å². The molecule has 33 heavy (non-hydrogen) atoms. The van der Waals surface area contributed by atoms with Crippen molar-refractivity contribution in [1.82, 2.24) is 0 Å². The summed E-state index contributed by atoms with van der Waals surface area (Å²) in [5.74, 6) is -1.26. The average molecular weight is 498 g/mol. The predicted octanol–water partition coefficient (Wildman–Crippen LogP) is 2.74. The zero-order valence-corrected chi connectivity index (χ0v) is 19.9. The quantitative estimate of drug-likeness (QED) is 0.333. The molecular formula is C20H23N3O8S2. The number of aryl methyl sites for hydroxylation is 1. The summed E-state index contributed by atoms with van der Waals surface area (Å²) < 4.78 is 35.8. The summed E-state index contributed by atoms with van der Waals surface area (Å²) in [7, 11) is -1.50. The van der Waals surface area contributed by atoms with Gasteiger partial charge in [-0.05, 0) is 37.3 Å². The van der Waals surface area contributed by atoms with E-state index in [4.69, 9.17) is 9.47 Å². The molecule has 0 aliphatic heterocycles. The van der Waals surface area contributed by atoms with Crippen molar-refractivity contribution in [2.24, 2.45) is 0 Å². The molecular weight excluding hydrogens is 474 g/mol. The van der Waals surface area contributed by atoms with Crippen molar-refractivity contribution in [3.63, 3.8) is 0 Å². The molecule has 11 nitrogen and oxygen atoms in total. The number of non-ortho nitro benzene ring substituents is 1. The number of amides is 1. The van der Waals surface area contributed by atoms with Gasteiger partial charge >= 0.3 is 5.97 Å². The first kappa shape index (κ1) is 24.5. The Morgan fingerprint density at radius 2 is 1.94 bits per heavy atom. The number of carbonyl (C=O) groups is 2. The zero-order chi connectivity index (χ0) is 24.3. The van der Waals surface area contributed by atoms with Gasteiger partial charge in [0.1, 0.15) is 23.0 Å². The van der Waals surface area contributed by atoms with Crippen LogP contribution >= 0.6 is 11.3 Å². The van der Waals surface area contributed by atoms with E-state index in [1.165, 1.54) is 37.7 Å². The van der Waals surface area contributed by atoms with Gasteiger partial charge < -0.3 is 14.8 Å². The number of ether oxygens (including phenoxy) is 2. The van der Waals surface area contributed by atoms with Crippen LogP contribution in [0.15, 0.2) is 18.2 Å². The van der Waals surface area contributed by atoms with Crippen molar-refractivity contribution in [1.29, 1.82) is 0 Å². The Labute approximate surface area is 194 Å². The fraction of sp³-hybridized carbons (Fsp3) is 0.400. The van der Waals surface area contributed by atoms with E-state index in [9.17, 15) is 28.1 Å². The molecule has 1 amide bonds. The lowest BCUT2D eigenvalue weighted by Crippen LogP contribution is -2.37. The number of benzene rings is 1. The molecule has 13 heteroatoms. The Hall–Kier alpha value is -3.19. The molecule has 1 aliphatic rings. The summed E-state index contributed by atoms with van der Waals surface area (Å²) in [6.07, 6.45) is 4.22. The number of methoxy groups -OCH3 is 2. The molecule has 1 heterocycles. The Balaban J connectivity index is 1.95. The minimum Gasteiger partial charge on any atom is -0.495 e. The highest BCUT2D eigenvalue weighted by atomic mass is 32.2. The van der Waals surface area contributed by atoms with Crippen LogP contribution in [0.3, 0.4) is 0 Å². The number of nitrogens with one attached hydrogen (secondary N) is 1. The minimum atomic E-state index is -4.03. The number of thiophene rings is 1. The molecule has 0 bridgehead atoms. The third-order valence-corrected chi connectivity index (χ3v) is 7.48. The normalized spacial score (nSPS) is 13.1. The lowest BCUT2D eigenvalue weighted by Gasteiger charge is -2.23. The fourth-order valence-corrected chi connectivity index (χ4v) is 5.78. The maximum Gasteiger partial charge on any atom is 0.341 e. The zero-order valence-electron chi connectivity index (χ0n) is 18.2. The molecule has 2 aromatic rings. The molecule has 0 fully saturated rings. The van der Waals surface area contributed by atoms with Gasteiger partial charge in [-0.25, -0.2) is 13.2 Å². The van der Waals surface area contributed by atoms with Gasteiger partial charge in [-0.2, -0.15) is 0 Å². The van der Waals surface area contributed by atoms with Crippen LogP contribution in [0.2, 0.25) is 0 Å². The molecule has 0 saturated carbocycles. The first-order valence-corrected chi connectivity index (χ1v) is 12.6. The lowest BCUT2D eigenvalue weighted by atomic mass is 9.95. The maximum atomic E-state index is 12.9. The molecule has 1 aromatic carbocycles. The van der Waals surface area contributed by atoms with E-state index in [2.05, 4.69) is 5.32 Å². The van der Waals surface area contributed by atoms with Crippen molar-refractivity contribution in [2.45, 2.75) is 25.7 Å². The second kappa shape index (κ2) is 9.75. The van der Waals surface area contributed by atoms with Gasteiger partial charge in [-0.1, -0.05) is 0 Å². The van der Waals surface area contributed by atoms with E-state index >= 15 is 0 Å². The molecule has 0 unspecified atom stereocenters. The van der Waals surface area contributed by atoms with Crippen LogP contribution in [0.4, 0.5) is 16.4 Å². The molecule has 1 N–H and O–H groups in total. The number of sulfonamides is 1. The average Bonchev–Trinajstić information content (AvgIpc) is 3.13. The van der Waals surface area contributed by atoms with E-state index in [-0.39, 0.29) is 22.7 Å². The fourth-order valence-electron chi connectivity index (χ4n) is 3.64. The topological polar surface area (TPSA) is 145 Å². The van der Waals surface area contributed by atoms with Gasteiger partial charge in [0.05, 0.1) is 31.0 Å². The van der Waals surface area contributed by atoms with Crippen LogP contribution in [0.5, 0.6) is 5.75 Å². The number of anilines is 2. The standard InChI is InChI=1S/C20H23N3O8S2/c1-30-15-9-8-12(23(26)27)10-14(15)22(33(3,28)29)11-17(24)21-19-18(20(25)31-2)13-6-4-5-7-16(13)32-19/h8-10H,4-7,11H2,1-3H3,(H,21,24). The number of fused-ring (bicyclic) bond motifs is 1. The molecule has 178 valence electrons. The Morgan fingerprint density at radius 3 is 2.55 bits per heavy atom. The van der Waals surface area contributed by atoms with Gasteiger partial charge in [-0.3, -0.25) is 19.2 Å². The van der Waals surface area contributed by atoms with Crippen LogP contribution in [0.25, 0.3) is 0 Å². The first-order valence-electron chi connectivity index (χ1n) is 9.89. The predicted molar refractivity (Wildman–Crippen MR) is 123 cm³/mol. The van der Waals surface area contributed by atoms with E-state index in [1.807, 2.05) is 0 Å². The van der Waals surface area contributed by atoms with Crippen LogP contribution in [-0.4, -0.2) is 52.2 Å². The Kier molecular flexibility index (Phi) is 7.22. The number of carbonyl (C=O) groups excluding carboxylic acids is 2. The van der Waals surface area contributed by atoms with E-state index in [0.29, 0.717) is 11.4 Å². The molecule has 1 aliphatic carbocycles. The molecule has 1 aromatic heterocycles. The van der Waals surface area contributed by atoms with Crippen LogP contribution in [-0.2, 0) is 32.4 Å². The monoisotopic (exact) mass is 497 g/mol. The van der Waals surface area contributed by atoms with Crippen molar-refractivity contribution >= 4 is 49.6 Å². The number of nitro groups is 1. The number of hydrogen-bond acceptors (Lipinski definition) is 9. The minimum absolute atomic E-state index is 0.0423. The number of nitro benzene ring substituents is 1. The summed E-state index contributed by atoms with van der Waals surface area (Å²) in [5.41, 5.74) is 0.611. The molecule has 3 rings (SSSR count). The van der Waals surface area contributed by atoms with E-state index in [0.717, 1.165) is 46.3 Å². The van der Waals surface area contributed by atoms with Gasteiger partial charge in [0.25, 0.3) is 5.69 Å². The highest BCUT2D eigenvalue weighted by molar-refractivity contribution is 7.92. The number of hydrogen-bond donors (Lipinski definition) is 1. The molecule has 0 atom stereocenters. The summed E-state index contributed by atoms with van der Waals surface area (Å²) in [6.45, 7) is -0.681. The van der Waals surface area contributed by atoms with Crippen molar-refractivity contribution < 1.29 is 32.4 Å². The molecule has 0 saturated heterocycles. The number of rotatable bonds is 8. The molecule has 0 spiro atoms. The van der Waals surface area contributed by atoms with Crippen LogP contribution < -0.4 is 14.4 Å². The smallest absolute Gasteiger partial charge is 0.341 e. The van der Waals surface area contributed by atoms with Gasteiger partial charge in [0.2, 0.25) is 15.9 Å². The van der Waals surface area contributed by atoms with Crippen LogP contribution in [0, 0.1) is 10.1 Å². The second-order valence-electron chi connectivity index (χ2n) is 7.34. The van der Waals surface area contributed by atoms with E-state index in [1.54, 1.807) is 0 Å². The van der Waals surface area contributed by atoms with Crippen molar-refractivity contribution in [3.8, 4) is 5.75 Å². The number of esters is 1. The van der Waals surface area contributed by atoms with Crippen molar-refractivity contribution in [3.05, 3.63) is 44.3 Å². The summed E-state index contributed by atoms with van der Waals surface area (Å²) in [4.78, 5) is 36.8. The summed E-state index contributed by atoms with van der Waals surface area (Å²) in [5, 5.41) is 14.1. The highest BCUT2D eigenvalue weighted by Crippen LogP contribution is 2.39. The maximum absolute atomic E-state index is 12.9. The first-order chi connectivity index (χ1) is 15.6. The van der Waals surface area contributed by atoms with Gasteiger partial charge in [0, 0.05) is 17.0 Å². The lowest BCUT2D eigenvalue weighted by molar-refractivity contribution is -0.384. The summed E-state index contributed by atoms with van der Waals surface area (Å²) >= 11 is 1.26. The second-order valence-corrected chi connectivity index (χ2v) is 10.3. The number of nitrogens with zero attached hydrogens (tertiary/aromatic N) is 2. The van der Waals surface area contributed by atoms with Gasteiger partial charge in [-0.15, -0.1) is 11.3 Å². The van der Waals surface area contributed by atoms with Crippen LogP contribution in [0.1, 0.15) is 33.6 Å². The third kappa shape index (κ3) is 5.25. The van der Waals surface area contributed by atoms with Gasteiger partial charge in [0.15, 0.2) is 0 Å². The third-order valence-electron chi connectivity index (χ3n) is 5.14. The summed E-state index contributed by atoms with van der Waals surface area (Å²) in [6, 6.07) is 3.45. The van der Waals surface area contributed by atoms with Crippen molar-refractivity contribution in [2.75, 3.05) is 36.6 Å². The SMILES string of the molecule is COC(=O)c1c(NC(=O)CN(c2cc([N+](=O)[O-])ccc2OC)S(C)(=O)=O)sc2c1CCCC2. The molecule has 0 radical (unpaired) electrons. The Morgan fingerprint density at radius 1 is 1.24 bits per heavy atom. The Bertz CT molecular complexity index is 1210. The largest absolute Gasteiger partial charge is 0.495 e.